The first-order chi connectivity index (χ1) is 5.27. The summed E-state index contributed by atoms with van der Waals surface area (Å²) in [7, 11) is 1.87. The van der Waals surface area contributed by atoms with Crippen molar-refractivity contribution in [3.05, 3.63) is 11.7 Å². The molecule has 11 heavy (non-hydrogen) atoms. The quantitative estimate of drug-likeness (QED) is 0.705. The predicted octanol–water partition coefficient (Wildman–Crippen LogP) is 0.912. The molecule has 0 aromatic carbocycles. The van der Waals surface area contributed by atoms with Crippen LogP contribution in [0.15, 0.2) is 4.52 Å². The standard InChI is InChI=1S/C7H13N3O/c1-4-6-9-7(10-11-6)5(2)8-3/h5,8H,4H2,1-3H3. The third-order valence-corrected chi connectivity index (χ3v) is 1.61. The molecule has 0 bridgehead atoms. The molecule has 0 saturated carbocycles. The SMILES string of the molecule is CCc1nc(C(C)NC)no1. The minimum atomic E-state index is 0.166. The maximum atomic E-state index is 4.94. The summed E-state index contributed by atoms with van der Waals surface area (Å²) in [5, 5.41) is 6.84. The van der Waals surface area contributed by atoms with Crippen LogP contribution in [0.4, 0.5) is 0 Å². The Labute approximate surface area is 66.0 Å². The van der Waals surface area contributed by atoms with Gasteiger partial charge in [0.15, 0.2) is 5.82 Å². The number of nitrogens with zero attached hydrogens (tertiary/aromatic N) is 2. The average Bonchev–Trinajstić information content (AvgIpc) is 2.50. The smallest absolute Gasteiger partial charge is 0.226 e. The lowest BCUT2D eigenvalue weighted by molar-refractivity contribution is 0.371. The monoisotopic (exact) mass is 155 g/mol. The van der Waals surface area contributed by atoms with E-state index in [1.165, 1.54) is 0 Å². The number of aromatic nitrogens is 2. The van der Waals surface area contributed by atoms with E-state index in [0.29, 0.717) is 5.89 Å². The lowest BCUT2D eigenvalue weighted by atomic mass is 10.3. The summed E-state index contributed by atoms with van der Waals surface area (Å²) in [6.07, 6.45) is 0.795. The van der Waals surface area contributed by atoms with Gasteiger partial charge >= 0.3 is 0 Å². The third-order valence-electron chi connectivity index (χ3n) is 1.61. The van der Waals surface area contributed by atoms with Crippen molar-refractivity contribution >= 4 is 0 Å². The molecule has 1 aromatic heterocycles. The van der Waals surface area contributed by atoms with E-state index in [1.54, 1.807) is 0 Å². The summed E-state index contributed by atoms with van der Waals surface area (Å²) in [6.45, 7) is 3.98. The van der Waals surface area contributed by atoms with Crippen LogP contribution < -0.4 is 5.32 Å². The zero-order valence-electron chi connectivity index (χ0n) is 7.09. The van der Waals surface area contributed by atoms with Crippen LogP contribution in [0.3, 0.4) is 0 Å². The van der Waals surface area contributed by atoms with Gasteiger partial charge in [-0.15, -0.1) is 0 Å². The van der Waals surface area contributed by atoms with Crippen molar-refractivity contribution in [2.45, 2.75) is 26.3 Å². The van der Waals surface area contributed by atoms with Crippen molar-refractivity contribution in [1.82, 2.24) is 15.5 Å². The van der Waals surface area contributed by atoms with E-state index in [2.05, 4.69) is 15.5 Å². The molecule has 4 heteroatoms. The lowest BCUT2D eigenvalue weighted by Gasteiger charge is -2.01. The van der Waals surface area contributed by atoms with Gasteiger partial charge in [0.25, 0.3) is 0 Å². The van der Waals surface area contributed by atoms with Crippen LogP contribution in [-0.2, 0) is 6.42 Å². The van der Waals surface area contributed by atoms with Crippen molar-refractivity contribution in [3.8, 4) is 0 Å². The molecule has 1 aromatic rings. The van der Waals surface area contributed by atoms with Crippen molar-refractivity contribution in [2.75, 3.05) is 7.05 Å². The van der Waals surface area contributed by atoms with E-state index in [0.717, 1.165) is 12.2 Å². The number of hydrogen-bond acceptors (Lipinski definition) is 4. The lowest BCUT2D eigenvalue weighted by Crippen LogP contribution is -2.13. The second kappa shape index (κ2) is 3.48. The van der Waals surface area contributed by atoms with Gasteiger partial charge in [-0.3, -0.25) is 0 Å². The Bertz CT molecular complexity index is 221. The highest BCUT2D eigenvalue weighted by Gasteiger charge is 2.09. The topological polar surface area (TPSA) is 51.0 Å². The zero-order valence-corrected chi connectivity index (χ0v) is 7.09. The molecule has 62 valence electrons. The van der Waals surface area contributed by atoms with Gasteiger partial charge in [0, 0.05) is 6.42 Å². The third kappa shape index (κ3) is 1.77. The number of nitrogens with one attached hydrogen (secondary N) is 1. The van der Waals surface area contributed by atoms with Crippen LogP contribution in [0.5, 0.6) is 0 Å². The normalized spacial score (nSPS) is 13.4. The second-order valence-electron chi connectivity index (χ2n) is 2.41. The maximum Gasteiger partial charge on any atom is 0.226 e. The highest BCUT2D eigenvalue weighted by atomic mass is 16.5. The van der Waals surface area contributed by atoms with Crippen LogP contribution in [0.1, 0.15) is 31.6 Å². The van der Waals surface area contributed by atoms with Crippen molar-refractivity contribution in [2.24, 2.45) is 0 Å². The molecule has 0 fully saturated rings. The minimum absolute atomic E-state index is 0.166. The highest BCUT2D eigenvalue weighted by Crippen LogP contribution is 2.06. The molecule has 0 aliphatic heterocycles. The zero-order chi connectivity index (χ0) is 8.27. The Morgan fingerprint density at radius 1 is 1.64 bits per heavy atom. The largest absolute Gasteiger partial charge is 0.339 e. The van der Waals surface area contributed by atoms with Crippen LogP contribution in [0.2, 0.25) is 0 Å². The molecule has 0 aliphatic carbocycles. The number of hydrogen-bond donors (Lipinski definition) is 1. The van der Waals surface area contributed by atoms with Gasteiger partial charge in [-0.25, -0.2) is 0 Å². The van der Waals surface area contributed by atoms with Crippen LogP contribution >= 0.6 is 0 Å². The molecule has 4 nitrogen and oxygen atoms in total. The van der Waals surface area contributed by atoms with Crippen molar-refractivity contribution in [3.63, 3.8) is 0 Å². The number of rotatable bonds is 3. The Balaban J connectivity index is 2.71. The Morgan fingerprint density at radius 3 is 2.82 bits per heavy atom. The summed E-state index contributed by atoms with van der Waals surface area (Å²) < 4.78 is 4.94. The molecule has 0 amide bonds. The Kier molecular flexibility index (Phi) is 2.59. The fourth-order valence-corrected chi connectivity index (χ4v) is 0.717. The van der Waals surface area contributed by atoms with E-state index in [9.17, 15) is 0 Å². The first-order valence-corrected chi connectivity index (χ1v) is 3.77. The molecule has 1 heterocycles. The van der Waals surface area contributed by atoms with Gasteiger partial charge in [-0.05, 0) is 14.0 Å². The van der Waals surface area contributed by atoms with Crippen molar-refractivity contribution in [1.29, 1.82) is 0 Å². The minimum Gasteiger partial charge on any atom is -0.339 e. The van der Waals surface area contributed by atoms with Gasteiger partial charge in [0.2, 0.25) is 5.89 Å². The van der Waals surface area contributed by atoms with Gasteiger partial charge < -0.3 is 9.84 Å². The van der Waals surface area contributed by atoms with Crippen LogP contribution in [0, 0.1) is 0 Å². The summed E-state index contributed by atoms with van der Waals surface area (Å²) in [5.41, 5.74) is 0. The first kappa shape index (κ1) is 8.20. The Morgan fingerprint density at radius 2 is 2.36 bits per heavy atom. The average molecular weight is 155 g/mol. The number of aryl methyl sites for hydroxylation is 1. The molecule has 1 rings (SSSR count). The van der Waals surface area contributed by atoms with E-state index in [-0.39, 0.29) is 6.04 Å². The van der Waals surface area contributed by atoms with E-state index < -0.39 is 0 Å². The van der Waals surface area contributed by atoms with Gasteiger partial charge in [0.05, 0.1) is 6.04 Å². The molecular weight excluding hydrogens is 142 g/mol. The molecule has 1 unspecified atom stereocenters. The molecule has 1 N–H and O–H groups in total. The van der Waals surface area contributed by atoms with E-state index in [4.69, 9.17) is 4.52 Å². The van der Waals surface area contributed by atoms with Crippen molar-refractivity contribution < 1.29 is 4.52 Å². The van der Waals surface area contributed by atoms with Gasteiger partial charge in [0.1, 0.15) is 0 Å². The highest BCUT2D eigenvalue weighted by molar-refractivity contribution is 4.91. The molecule has 0 aliphatic rings. The summed E-state index contributed by atoms with van der Waals surface area (Å²) in [5.74, 6) is 1.42. The molecular formula is C7H13N3O. The Hall–Kier alpha value is -0.900. The fourth-order valence-electron chi connectivity index (χ4n) is 0.717. The first-order valence-electron chi connectivity index (χ1n) is 3.77. The second-order valence-corrected chi connectivity index (χ2v) is 2.41. The van der Waals surface area contributed by atoms with Gasteiger partial charge in [-0.1, -0.05) is 12.1 Å². The van der Waals surface area contributed by atoms with Gasteiger partial charge in [-0.2, -0.15) is 4.98 Å². The molecule has 0 radical (unpaired) electrons. The van der Waals surface area contributed by atoms with Crippen LogP contribution in [-0.4, -0.2) is 17.2 Å². The van der Waals surface area contributed by atoms with Crippen LogP contribution in [0.25, 0.3) is 0 Å². The summed E-state index contributed by atoms with van der Waals surface area (Å²) in [6, 6.07) is 0.166. The maximum absolute atomic E-state index is 4.94. The summed E-state index contributed by atoms with van der Waals surface area (Å²) in [4.78, 5) is 4.16. The fraction of sp³-hybridized carbons (Fsp3) is 0.714. The molecule has 0 spiro atoms. The summed E-state index contributed by atoms with van der Waals surface area (Å²) >= 11 is 0. The molecule has 1 atom stereocenters. The molecule has 0 saturated heterocycles. The predicted molar refractivity (Wildman–Crippen MR) is 41.2 cm³/mol. The van der Waals surface area contributed by atoms with E-state index >= 15 is 0 Å². The van der Waals surface area contributed by atoms with E-state index in [1.807, 2.05) is 20.9 Å².